The van der Waals surface area contributed by atoms with Gasteiger partial charge in [-0.3, -0.25) is 0 Å². The maximum absolute atomic E-state index is 9.79. The van der Waals surface area contributed by atoms with Crippen molar-refractivity contribution in [2.24, 2.45) is 0 Å². The van der Waals surface area contributed by atoms with Gasteiger partial charge in [0.05, 0.1) is 18.2 Å². The lowest BCUT2D eigenvalue weighted by molar-refractivity contribution is 0.667. The van der Waals surface area contributed by atoms with Crippen LogP contribution in [0.4, 0.5) is 39.8 Å². The Morgan fingerprint density at radius 1 is 0.491 bits per heavy atom. The number of hydrogen-bond donors (Lipinski definition) is 0. The number of fused-ring (bicyclic) bond motifs is 9. The first-order valence-corrected chi connectivity index (χ1v) is 19.2. The van der Waals surface area contributed by atoms with E-state index in [0.717, 1.165) is 34.1 Å². The molecular weight excluding hydrogens is 693 g/mol. The van der Waals surface area contributed by atoms with Gasteiger partial charge in [0.15, 0.2) is 5.69 Å². The minimum Gasteiger partial charge on any atom is -0.312 e. The van der Waals surface area contributed by atoms with Gasteiger partial charge in [-0.05, 0) is 146 Å². The van der Waals surface area contributed by atoms with Crippen molar-refractivity contribution in [1.29, 1.82) is 5.26 Å². The van der Waals surface area contributed by atoms with Crippen molar-refractivity contribution >= 4 is 72.1 Å². The highest BCUT2D eigenvalue weighted by Gasteiger charge is 2.39. The molecule has 0 spiro atoms. The highest BCUT2D eigenvalue weighted by Crippen LogP contribution is 2.56. The molecule has 1 aliphatic rings. The first-order chi connectivity index (χ1) is 27.9. The highest BCUT2D eigenvalue weighted by molar-refractivity contribution is 6.19. The van der Waals surface area contributed by atoms with Gasteiger partial charge in [0, 0.05) is 39.5 Å². The minimum atomic E-state index is -0.290. The molecule has 0 amide bonds. The van der Waals surface area contributed by atoms with E-state index >= 15 is 0 Å². The molecule has 0 heterocycles. The second-order valence-electron chi connectivity index (χ2n) is 15.2. The lowest BCUT2D eigenvalue weighted by Gasteiger charge is -2.28. The summed E-state index contributed by atoms with van der Waals surface area (Å²) in [6.45, 7) is 12.4. The Morgan fingerprint density at radius 3 is 1.79 bits per heavy atom. The summed E-state index contributed by atoms with van der Waals surface area (Å²) < 4.78 is 0. The van der Waals surface area contributed by atoms with Crippen molar-refractivity contribution in [3.8, 4) is 17.2 Å². The molecule has 0 N–H and O–H groups in total. The predicted octanol–water partition coefficient (Wildman–Crippen LogP) is 14.8. The summed E-state index contributed by atoms with van der Waals surface area (Å²) in [5, 5.41) is 17.0. The van der Waals surface area contributed by atoms with Crippen LogP contribution in [0.1, 0.15) is 30.5 Å². The zero-order valence-electron chi connectivity index (χ0n) is 31.6. The minimum absolute atomic E-state index is 0.290. The van der Waals surface area contributed by atoms with Crippen LogP contribution in [0.2, 0.25) is 0 Å². The molecule has 0 radical (unpaired) electrons. The van der Waals surface area contributed by atoms with Crippen LogP contribution < -0.4 is 9.80 Å². The van der Waals surface area contributed by atoms with E-state index < -0.39 is 0 Å². The highest BCUT2D eigenvalue weighted by atomic mass is 15.1. The fraction of sp³-hybridized carbons (Fsp3) is 0.0566. The standard InChI is InChI=1S/C53H36N4/c1-53(2)50-31-37-29-43(57(40-18-8-5-9-19-40)42-21-13-15-38(32-42)55-3)25-24-36(37)30-49(50)51-46-23-11-10-22-45(46)48-33-44(26-27-47(48)52(51)53)56(39-16-6-4-7-17-39)41-20-12-14-35(28-41)34-54/h4-33H,1-2H3. The number of nitrogens with zero attached hydrogens (tertiary/aromatic N) is 4. The Balaban J connectivity index is 1.16. The average Bonchev–Trinajstić information content (AvgIpc) is 3.49. The van der Waals surface area contributed by atoms with Crippen molar-refractivity contribution in [3.05, 3.63) is 210 Å². The molecule has 9 aromatic rings. The molecule has 0 bridgehead atoms. The number of para-hydroxylation sites is 2. The van der Waals surface area contributed by atoms with Crippen LogP contribution in [-0.2, 0) is 5.41 Å². The van der Waals surface area contributed by atoms with E-state index in [1.807, 2.05) is 48.5 Å². The molecule has 268 valence electrons. The molecule has 1 aliphatic carbocycles. The van der Waals surface area contributed by atoms with Gasteiger partial charge in [-0.2, -0.15) is 5.26 Å². The zero-order chi connectivity index (χ0) is 38.7. The molecule has 0 saturated heterocycles. The normalized spacial score (nSPS) is 12.5. The average molecular weight is 729 g/mol. The molecule has 0 aliphatic heterocycles. The van der Waals surface area contributed by atoms with Gasteiger partial charge in [-0.25, -0.2) is 4.85 Å². The van der Waals surface area contributed by atoms with Crippen LogP contribution in [0.15, 0.2) is 182 Å². The smallest absolute Gasteiger partial charge is 0.189 e. The lowest BCUT2D eigenvalue weighted by Crippen LogP contribution is -2.16. The Kier molecular flexibility index (Phi) is 7.89. The van der Waals surface area contributed by atoms with Crippen LogP contribution in [0, 0.1) is 17.9 Å². The molecular formula is C53H36N4. The van der Waals surface area contributed by atoms with E-state index in [4.69, 9.17) is 6.57 Å². The summed E-state index contributed by atoms with van der Waals surface area (Å²) in [6.07, 6.45) is 0. The lowest BCUT2D eigenvalue weighted by atomic mass is 9.79. The maximum Gasteiger partial charge on any atom is 0.189 e. The second-order valence-corrected chi connectivity index (χ2v) is 15.2. The van der Waals surface area contributed by atoms with E-state index in [-0.39, 0.29) is 5.41 Å². The van der Waals surface area contributed by atoms with Crippen molar-refractivity contribution in [1.82, 2.24) is 0 Å². The molecule has 57 heavy (non-hydrogen) atoms. The van der Waals surface area contributed by atoms with E-state index in [1.54, 1.807) is 0 Å². The van der Waals surface area contributed by atoms with Crippen LogP contribution in [0.25, 0.3) is 48.3 Å². The largest absolute Gasteiger partial charge is 0.312 e. The molecule has 0 fully saturated rings. The Hall–Kier alpha value is -7.66. The first-order valence-electron chi connectivity index (χ1n) is 19.2. The zero-order valence-corrected chi connectivity index (χ0v) is 31.6. The first kappa shape index (κ1) is 33.9. The molecule has 10 rings (SSSR count). The number of benzene rings is 9. The molecule has 0 unspecified atom stereocenters. The van der Waals surface area contributed by atoms with Gasteiger partial charge in [0.2, 0.25) is 0 Å². The van der Waals surface area contributed by atoms with Gasteiger partial charge in [0.25, 0.3) is 0 Å². The summed E-state index contributed by atoms with van der Waals surface area (Å²) in [5.41, 5.74) is 12.2. The molecule has 0 aromatic heterocycles. The SMILES string of the molecule is [C-]#[N+]c1cccc(N(c2ccccc2)c2ccc3cc4c(cc3c2)C(C)(C)c2c-4c3ccccc3c3cc(N(c4ccccc4)c4cccc(C#N)c4)ccc23)c1. The van der Waals surface area contributed by atoms with Gasteiger partial charge >= 0.3 is 0 Å². The van der Waals surface area contributed by atoms with E-state index in [0.29, 0.717) is 11.3 Å². The van der Waals surface area contributed by atoms with Crippen LogP contribution >= 0.6 is 0 Å². The third-order valence-electron chi connectivity index (χ3n) is 11.5. The van der Waals surface area contributed by atoms with Gasteiger partial charge in [-0.1, -0.05) is 105 Å². The third kappa shape index (κ3) is 5.50. The molecule has 0 saturated carbocycles. The van der Waals surface area contributed by atoms with Crippen molar-refractivity contribution < 1.29 is 0 Å². The quantitative estimate of drug-likeness (QED) is 0.126. The summed E-state index contributed by atoms with van der Waals surface area (Å²) in [5.74, 6) is 0. The maximum atomic E-state index is 9.79. The summed E-state index contributed by atoms with van der Waals surface area (Å²) >= 11 is 0. The topological polar surface area (TPSA) is 34.6 Å². The Labute approximate surface area is 332 Å². The van der Waals surface area contributed by atoms with E-state index in [2.05, 4.69) is 168 Å². The molecule has 4 heteroatoms. The third-order valence-corrected chi connectivity index (χ3v) is 11.5. The fourth-order valence-corrected chi connectivity index (χ4v) is 8.99. The summed E-state index contributed by atoms with van der Waals surface area (Å²) in [4.78, 5) is 8.20. The number of rotatable bonds is 6. The van der Waals surface area contributed by atoms with Crippen molar-refractivity contribution in [2.75, 3.05) is 9.80 Å². The second kappa shape index (κ2) is 13.3. The molecule has 4 nitrogen and oxygen atoms in total. The Morgan fingerprint density at radius 2 is 1.09 bits per heavy atom. The van der Waals surface area contributed by atoms with Crippen molar-refractivity contribution in [3.63, 3.8) is 0 Å². The van der Waals surface area contributed by atoms with Crippen molar-refractivity contribution in [2.45, 2.75) is 19.3 Å². The van der Waals surface area contributed by atoms with Crippen LogP contribution in [-0.4, -0.2) is 0 Å². The van der Waals surface area contributed by atoms with Crippen LogP contribution in [0.5, 0.6) is 0 Å². The summed E-state index contributed by atoms with van der Waals surface area (Å²) in [6, 6.07) is 65.9. The number of nitriles is 1. The molecule has 0 atom stereocenters. The number of hydrogen-bond acceptors (Lipinski definition) is 3. The number of anilines is 6. The van der Waals surface area contributed by atoms with E-state index in [1.165, 1.54) is 54.6 Å². The molecule has 9 aromatic carbocycles. The Bertz CT molecular complexity index is 3130. The summed E-state index contributed by atoms with van der Waals surface area (Å²) in [7, 11) is 0. The van der Waals surface area contributed by atoms with Crippen LogP contribution in [0.3, 0.4) is 0 Å². The van der Waals surface area contributed by atoms with Gasteiger partial charge in [-0.15, -0.1) is 0 Å². The van der Waals surface area contributed by atoms with E-state index in [9.17, 15) is 5.26 Å². The fourth-order valence-electron chi connectivity index (χ4n) is 8.99. The monoisotopic (exact) mass is 728 g/mol. The van der Waals surface area contributed by atoms with Gasteiger partial charge in [0.1, 0.15) is 0 Å². The predicted molar refractivity (Wildman–Crippen MR) is 237 cm³/mol. The van der Waals surface area contributed by atoms with Gasteiger partial charge < -0.3 is 9.80 Å².